The van der Waals surface area contributed by atoms with Gasteiger partial charge in [-0.25, -0.2) is 0 Å². The molecule has 0 spiro atoms. The van der Waals surface area contributed by atoms with Crippen LogP contribution in [0.5, 0.6) is 0 Å². The summed E-state index contributed by atoms with van der Waals surface area (Å²) in [5, 5.41) is 2.72. The number of amides is 1. The van der Waals surface area contributed by atoms with Gasteiger partial charge in [-0.2, -0.15) is 0 Å². The topological polar surface area (TPSA) is 55.1 Å². The van der Waals surface area contributed by atoms with E-state index in [1.54, 1.807) is 0 Å². The SMILES string of the molecule is Cl.NCCNC(=O)CCc1ccc(Cl)s1. The van der Waals surface area contributed by atoms with Gasteiger partial charge in [0, 0.05) is 24.4 Å². The third-order valence-electron chi connectivity index (χ3n) is 1.69. The molecule has 3 nitrogen and oxygen atoms in total. The maximum atomic E-state index is 11.2. The van der Waals surface area contributed by atoms with Crippen LogP contribution in [0.15, 0.2) is 12.1 Å². The number of aryl methyl sites for hydroxylation is 1. The first-order valence-corrected chi connectivity index (χ1v) is 5.63. The summed E-state index contributed by atoms with van der Waals surface area (Å²) in [6.45, 7) is 1.03. The van der Waals surface area contributed by atoms with E-state index >= 15 is 0 Å². The second-order valence-corrected chi connectivity index (χ2v) is 4.64. The molecule has 0 saturated heterocycles. The molecule has 0 bridgehead atoms. The zero-order valence-corrected chi connectivity index (χ0v) is 10.6. The van der Waals surface area contributed by atoms with Gasteiger partial charge in [0.2, 0.25) is 5.91 Å². The van der Waals surface area contributed by atoms with Gasteiger partial charge in [0.25, 0.3) is 0 Å². The zero-order valence-electron chi connectivity index (χ0n) is 8.16. The van der Waals surface area contributed by atoms with E-state index in [0.29, 0.717) is 19.5 Å². The smallest absolute Gasteiger partial charge is 0.220 e. The predicted octanol–water partition coefficient (Wildman–Crippen LogP) is 1.83. The highest BCUT2D eigenvalue weighted by atomic mass is 35.5. The predicted molar refractivity (Wildman–Crippen MR) is 67.0 cm³/mol. The Labute approximate surface area is 104 Å². The Morgan fingerprint density at radius 3 is 2.80 bits per heavy atom. The number of halogens is 2. The largest absolute Gasteiger partial charge is 0.355 e. The molecule has 0 unspecified atom stereocenters. The van der Waals surface area contributed by atoms with Crippen LogP contribution in [0.25, 0.3) is 0 Å². The van der Waals surface area contributed by atoms with E-state index in [1.165, 1.54) is 11.3 Å². The van der Waals surface area contributed by atoms with Crippen LogP contribution >= 0.6 is 35.3 Å². The number of hydrogen-bond donors (Lipinski definition) is 2. The number of nitrogens with one attached hydrogen (secondary N) is 1. The lowest BCUT2D eigenvalue weighted by Gasteiger charge is -2.01. The van der Waals surface area contributed by atoms with Gasteiger partial charge in [0.15, 0.2) is 0 Å². The van der Waals surface area contributed by atoms with E-state index in [1.807, 2.05) is 12.1 Å². The summed E-state index contributed by atoms with van der Waals surface area (Å²) in [5.74, 6) is 0.0416. The highest BCUT2D eigenvalue weighted by molar-refractivity contribution is 7.16. The number of nitrogens with two attached hydrogens (primary N) is 1. The van der Waals surface area contributed by atoms with Crippen LogP contribution in [0.4, 0.5) is 0 Å². The standard InChI is InChI=1S/C9H13ClN2OS.ClH/c10-8-3-1-7(14-8)2-4-9(13)12-6-5-11;/h1,3H,2,4-6,11H2,(H,12,13);1H. The van der Waals surface area contributed by atoms with E-state index in [2.05, 4.69) is 5.32 Å². The lowest BCUT2D eigenvalue weighted by atomic mass is 10.2. The van der Waals surface area contributed by atoms with Crippen molar-refractivity contribution in [2.24, 2.45) is 5.73 Å². The van der Waals surface area contributed by atoms with Crippen LogP contribution in [-0.4, -0.2) is 19.0 Å². The fraction of sp³-hybridized carbons (Fsp3) is 0.444. The molecule has 0 radical (unpaired) electrons. The fourth-order valence-electron chi connectivity index (χ4n) is 1.02. The van der Waals surface area contributed by atoms with Crippen LogP contribution in [0.2, 0.25) is 4.34 Å². The molecule has 1 aromatic rings. The fourth-order valence-corrected chi connectivity index (χ4v) is 2.11. The summed E-state index contributed by atoms with van der Waals surface area (Å²) < 4.78 is 0.766. The average Bonchev–Trinajstić information content (AvgIpc) is 2.58. The van der Waals surface area contributed by atoms with Gasteiger partial charge in [0.1, 0.15) is 0 Å². The van der Waals surface area contributed by atoms with E-state index in [0.717, 1.165) is 15.6 Å². The quantitative estimate of drug-likeness (QED) is 0.856. The summed E-state index contributed by atoms with van der Waals surface area (Å²) in [7, 11) is 0. The summed E-state index contributed by atoms with van der Waals surface area (Å²) in [4.78, 5) is 12.3. The molecule has 0 aliphatic rings. The molecule has 0 fully saturated rings. The van der Waals surface area contributed by atoms with Crippen molar-refractivity contribution in [3.63, 3.8) is 0 Å². The Morgan fingerprint density at radius 1 is 1.53 bits per heavy atom. The van der Waals surface area contributed by atoms with Crippen LogP contribution in [0, 0.1) is 0 Å². The van der Waals surface area contributed by atoms with Crippen molar-refractivity contribution in [3.8, 4) is 0 Å². The Balaban J connectivity index is 0.00000196. The van der Waals surface area contributed by atoms with Gasteiger partial charge in [-0.15, -0.1) is 23.7 Å². The number of carbonyl (C=O) groups is 1. The second-order valence-electron chi connectivity index (χ2n) is 2.84. The minimum Gasteiger partial charge on any atom is -0.355 e. The van der Waals surface area contributed by atoms with Gasteiger partial charge in [-0.05, 0) is 18.6 Å². The Morgan fingerprint density at radius 2 is 2.27 bits per heavy atom. The van der Waals surface area contributed by atoms with Gasteiger partial charge in [-0.1, -0.05) is 11.6 Å². The molecule has 1 amide bonds. The molecular formula is C9H14Cl2N2OS. The monoisotopic (exact) mass is 268 g/mol. The molecule has 3 N–H and O–H groups in total. The molecule has 0 aromatic carbocycles. The summed E-state index contributed by atoms with van der Waals surface area (Å²) >= 11 is 7.28. The van der Waals surface area contributed by atoms with Crippen LogP contribution < -0.4 is 11.1 Å². The van der Waals surface area contributed by atoms with E-state index in [9.17, 15) is 4.79 Å². The average molecular weight is 269 g/mol. The number of hydrogen-bond acceptors (Lipinski definition) is 3. The van der Waals surface area contributed by atoms with Gasteiger partial charge >= 0.3 is 0 Å². The molecular weight excluding hydrogens is 255 g/mol. The van der Waals surface area contributed by atoms with Crippen molar-refractivity contribution >= 4 is 41.3 Å². The number of carbonyl (C=O) groups excluding carboxylic acids is 1. The van der Waals surface area contributed by atoms with Crippen LogP contribution in [0.3, 0.4) is 0 Å². The van der Waals surface area contributed by atoms with Gasteiger partial charge in [0.05, 0.1) is 4.34 Å². The minimum atomic E-state index is 0. The third kappa shape index (κ3) is 5.99. The maximum absolute atomic E-state index is 11.2. The van der Waals surface area contributed by atoms with Crippen molar-refractivity contribution in [2.75, 3.05) is 13.1 Å². The van der Waals surface area contributed by atoms with Gasteiger partial charge < -0.3 is 11.1 Å². The normalized spacial score (nSPS) is 9.47. The highest BCUT2D eigenvalue weighted by Crippen LogP contribution is 2.22. The van der Waals surface area contributed by atoms with Crippen molar-refractivity contribution in [1.29, 1.82) is 0 Å². The Kier molecular flexibility index (Phi) is 7.78. The first-order chi connectivity index (χ1) is 6.72. The van der Waals surface area contributed by atoms with Crippen molar-refractivity contribution in [3.05, 3.63) is 21.3 Å². The lowest BCUT2D eigenvalue weighted by Crippen LogP contribution is -2.29. The van der Waals surface area contributed by atoms with Gasteiger partial charge in [-0.3, -0.25) is 4.79 Å². The first kappa shape index (κ1) is 14.7. The molecule has 0 aliphatic heterocycles. The molecule has 1 heterocycles. The highest BCUT2D eigenvalue weighted by Gasteiger charge is 2.02. The van der Waals surface area contributed by atoms with Crippen molar-refractivity contribution in [2.45, 2.75) is 12.8 Å². The second kappa shape index (κ2) is 7.93. The van der Waals surface area contributed by atoms with E-state index in [4.69, 9.17) is 17.3 Å². The maximum Gasteiger partial charge on any atom is 0.220 e. The molecule has 0 aliphatic carbocycles. The molecule has 0 atom stereocenters. The molecule has 86 valence electrons. The first-order valence-electron chi connectivity index (χ1n) is 4.43. The molecule has 0 saturated carbocycles. The van der Waals surface area contributed by atoms with Crippen molar-refractivity contribution < 1.29 is 4.79 Å². The zero-order chi connectivity index (χ0) is 10.4. The summed E-state index contributed by atoms with van der Waals surface area (Å²) in [6.07, 6.45) is 1.24. The molecule has 6 heteroatoms. The van der Waals surface area contributed by atoms with Crippen LogP contribution in [0.1, 0.15) is 11.3 Å². The number of rotatable bonds is 5. The van der Waals surface area contributed by atoms with Crippen molar-refractivity contribution in [1.82, 2.24) is 5.32 Å². The number of thiophene rings is 1. The van der Waals surface area contributed by atoms with E-state index < -0.39 is 0 Å². The van der Waals surface area contributed by atoms with Crippen LogP contribution in [-0.2, 0) is 11.2 Å². The summed E-state index contributed by atoms with van der Waals surface area (Å²) in [5.41, 5.74) is 5.26. The lowest BCUT2D eigenvalue weighted by molar-refractivity contribution is -0.120. The third-order valence-corrected chi connectivity index (χ3v) is 2.98. The Bertz CT molecular complexity index is 304. The minimum absolute atomic E-state index is 0. The van der Waals surface area contributed by atoms with E-state index in [-0.39, 0.29) is 18.3 Å². The molecule has 1 aromatic heterocycles. The molecule has 15 heavy (non-hydrogen) atoms. The molecule has 1 rings (SSSR count). The summed E-state index contributed by atoms with van der Waals surface area (Å²) in [6, 6.07) is 3.79. The Hall–Kier alpha value is -0.290.